The molecule has 1 aromatic carbocycles. The average Bonchev–Trinajstić information content (AvgIpc) is 2.59. The van der Waals surface area contributed by atoms with Crippen LogP contribution < -0.4 is 0 Å². The second-order valence-electron chi connectivity index (χ2n) is 3.25. The van der Waals surface area contributed by atoms with Gasteiger partial charge in [-0.15, -0.1) is 11.3 Å². The smallest absolute Gasteiger partial charge is 0.0349 e. The second-order valence-corrected chi connectivity index (χ2v) is 4.36. The topological polar surface area (TPSA) is 46.5 Å². The lowest BCUT2D eigenvalue weighted by molar-refractivity contribution is -0.00185. The lowest BCUT2D eigenvalue weighted by Gasteiger charge is -2.21. The molecule has 1 N–H and O–H groups in total. The van der Waals surface area contributed by atoms with Gasteiger partial charge in [0.1, 0.15) is 0 Å². The summed E-state index contributed by atoms with van der Waals surface area (Å²) in [6.07, 6.45) is 1.66. The molecule has 0 saturated heterocycles. The molecule has 2 rings (SSSR count). The zero-order valence-electron chi connectivity index (χ0n) is 8.18. The Hall–Kier alpha value is -1.36. The van der Waals surface area contributed by atoms with E-state index in [-0.39, 0.29) is 10.9 Å². The van der Waals surface area contributed by atoms with E-state index < -0.39 is 0 Å². The van der Waals surface area contributed by atoms with Crippen LogP contribution in [-0.4, -0.2) is 10.4 Å². The van der Waals surface area contributed by atoms with E-state index >= 15 is 0 Å². The lowest BCUT2D eigenvalue weighted by atomic mass is 10.2. The minimum Gasteiger partial charge on any atom is -0.734 e. The predicted octanol–water partition coefficient (Wildman–Crippen LogP) is 3.45. The van der Waals surface area contributed by atoms with E-state index in [1.165, 1.54) is 4.70 Å². The third kappa shape index (κ3) is 2.18. The van der Waals surface area contributed by atoms with E-state index in [1.54, 1.807) is 24.3 Å². The van der Waals surface area contributed by atoms with Crippen molar-refractivity contribution in [2.24, 2.45) is 0 Å². The maximum absolute atomic E-state index is 10.6. The molecular weight excluding hydrogens is 210 g/mol. The average molecular weight is 220 g/mol. The first-order chi connectivity index (χ1) is 7.16. The fourth-order valence-corrected chi connectivity index (χ4v) is 2.40. The molecular formula is C11H10NO2S-. The summed E-state index contributed by atoms with van der Waals surface area (Å²) in [4.78, 5) is 0.962. The first-order valence-corrected chi connectivity index (χ1v) is 5.31. The molecule has 0 unspecified atom stereocenters. The quantitative estimate of drug-likeness (QED) is 0.788. The molecule has 0 amide bonds. The van der Waals surface area contributed by atoms with Crippen molar-refractivity contribution in [3.63, 3.8) is 0 Å². The Morgan fingerprint density at radius 3 is 2.87 bits per heavy atom. The molecule has 0 aliphatic rings. The molecule has 3 nitrogen and oxygen atoms in total. The van der Waals surface area contributed by atoms with Gasteiger partial charge in [0.25, 0.3) is 0 Å². The molecule has 0 fully saturated rings. The van der Waals surface area contributed by atoms with Crippen LogP contribution in [0.25, 0.3) is 16.2 Å². The fourth-order valence-electron chi connectivity index (χ4n) is 1.33. The Morgan fingerprint density at radius 2 is 2.20 bits per heavy atom. The highest BCUT2D eigenvalue weighted by molar-refractivity contribution is 7.19. The highest BCUT2D eigenvalue weighted by Crippen LogP contribution is 2.27. The maximum Gasteiger partial charge on any atom is 0.0349 e. The first-order valence-electron chi connectivity index (χ1n) is 4.50. The number of hydrogen-bond acceptors (Lipinski definition) is 4. The van der Waals surface area contributed by atoms with Crippen molar-refractivity contribution in [2.75, 3.05) is 0 Å². The van der Waals surface area contributed by atoms with Gasteiger partial charge >= 0.3 is 0 Å². The Bertz CT molecular complexity index is 469. The highest BCUT2D eigenvalue weighted by Gasteiger charge is 1.99. The van der Waals surface area contributed by atoms with Crippen molar-refractivity contribution in [3.05, 3.63) is 46.1 Å². The van der Waals surface area contributed by atoms with Gasteiger partial charge in [-0.3, -0.25) is 5.21 Å². The minimum atomic E-state index is -0.121. The van der Waals surface area contributed by atoms with Crippen LogP contribution in [0.1, 0.15) is 11.8 Å². The van der Waals surface area contributed by atoms with Gasteiger partial charge in [0.05, 0.1) is 0 Å². The summed E-state index contributed by atoms with van der Waals surface area (Å²) in [5.41, 5.74) is 0.279. The number of nitrogens with zero attached hydrogens (tertiary/aromatic N) is 1. The molecule has 0 aliphatic heterocycles. The zero-order valence-corrected chi connectivity index (χ0v) is 8.99. The minimum absolute atomic E-state index is 0.121. The highest BCUT2D eigenvalue weighted by atomic mass is 32.1. The van der Waals surface area contributed by atoms with Gasteiger partial charge in [-0.25, -0.2) is 0 Å². The molecule has 1 heterocycles. The van der Waals surface area contributed by atoms with Gasteiger partial charge < -0.3 is 10.4 Å². The van der Waals surface area contributed by atoms with Gasteiger partial charge in [0, 0.05) is 15.3 Å². The van der Waals surface area contributed by atoms with Gasteiger partial charge in [-0.1, -0.05) is 18.2 Å². The summed E-state index contributed by atoms with van der Waals surface area (Å²) >= 11 is 1.59. The summed E-state index contributed by atoms with van der Waals surface area (Å²) in [5, 5.41) is 20.3. The Kier molecular flexibility index (Phi) is 2.73. The molecule has 1 aromatic heterocycles. The van der Waals surface area contributed by atoms with Crippen LogP contribution in [0, 0.1) is 5.21 Å². The van der Waals surface area contributed by atoms with Crippen molar-refractivity contribution < 1.29 is 5.21 Å². The molecule has 78 valence electrons. The monoisotopic (exact) mass is 220 g/mol. The molecule has 4 heteroatoms. The standard InChI is InChI=1S/C11H10NO2S/c1-8(12(13)14)6-10-7-9-4-2-3-5-11(9)15-10/h2-7,13H,1H3/q-1/b8-6+. The molecule has 0 atom stereocenters. The number of allylic oxidation sites excluding steroid dienone is 1. The van der Waals surface area contributed by atoms with E-state index in [2.05, 4.69) is 0 Å². The van der Waals surface area contributed by atoms with E-state index in [9.17, 15) is 5.21 Å². The van der Waals surface area contributed by atoms with Crippen molar-refractivity contribution in [3.8, 4) is 0 Å². The van der Waals surface area contributed by atoms with E-state index in [0.717, 1.165) is 10.3 Å². The van der Waals surface area contributed by atoms with Crippen LogP contribution in [0.5, 0.6) is 0 Å². The summed E-state index contributed by atoms with van der Waals surface area (Å²) in [7, 11) is 0. The fraction of sp³-hybridized carbons (Fsp3) is 0.0909. The van der Waals surface area contributed by atoms with Crippen LogP contribution in [0.3, 0.4) is 0 Å². The molecule has 0 radical (unpaired) electrons. The van der Waals surface area contributed by atoms with Crippen LogP contribution in [0.4, 0.5) is 0 Å². The maximum atomic E-state index is 10.6. The SMILES string of the molecule is C/C(=C\c1cc2ccccc2s1)N([O-])O. The van der Waals surface area contributed by atoms with Gasteiger partial charge in [-0.2, -0.15) is 0 Å². The Balaban J connectivity index is 2.41. The number of hydrogen-bond donors (Lipinski definition) is 1. The molecule has 15 heavy (non-hydrogen) atoms. The van der Waals surface area contributed by atoms with Crippen molar-refractivity contribution in [1.82, 2.24) is 5.23 Å². The van der Waals surface area contributed by atoms with E-state index in [4.69, 9.17) is 5.21 Å². The molecule has 0 saturated carbocycles. The summed E-state index contributed by atoms with van der Waals surface area (Å²) in [5.74, 6) is 0. The normalized spacial score (nSPS) is 12.1. The van der Waals surface area contributed by atoms with Crippen LogP contribution in [-0.2, 0) is 0 Å². The number of thiophene rings is 1. The molecule has 0 spiro atoms. The lowest BCUT2D eigenvalue weighted by Crippen LogP contribution is -2.05. The first kappa shape index (κ1) is 10.2. The summed E-state index contributed by atoms with van der Waals surface area (Å²) in [6, 6.07) is 9.99. The third-order valence-corrected chi connectivity index (χ3v) is 3.16. The van der Waals surface area contributed by atoms with E-state index in [0.29, 0.717) is 0 Å². The zero-order chi connectivity index (χ0) is 10.8. The Morgan fingerprint density at radius 1 is 1.47 bits per heavy atom. The number of rotatable bonds is 2. The van der Waals surface area contributed by atoms with Crippen LogP contribution in [0.15, 0.2) is 36.0 Å². The number of fused-ring (bicyclic) bond motifs is 1. The molecule has 2 aromatic rings. The largest absolute Gasteiger partial charge is 0.734 e. The van der Waals surface area contributed by atoms with Gasteiger partial charge in [0.2, 0.25) is 0 Å². The van der Waals surface area contributed by atoms with Gasteiger partial charge in [0.15, 0.2) is 0 Å². The molecule has 0 bridgehead atoms. The summed E-state index contributed by atoms with van der Waals surface area (Å²) < 4.78 is 1.17. The van der Waals surface area contributed by atoms with E-state index in [1.807, 2.05) is 30.3 Å². The number of benzene rings is 1. The Labute approximate surface area is 91.4 Å². The number of hydroxylamine groups is 2. The van der Waals surface area contributed by atoms with Crippen molar-refractivity contribution in [1.29, 1.82) is 0 Å². The predicted molar refractivity (Wildman–Crippen MR) is 62.5 cm³/mol. The molecule has 0 aliphatic carbocycles. The van der Waals surface area contributed by atoms with Crippen molar-refractivity contribution >= 4 is 27.5 Å². The van der Waals surface area contributed by atoms with Gasteiger partial charge in [-0.05, 0) is 30.5 Å². The van der Waals surface area contributed by atoms with Crippen LogP contribution in [0.2, 0.25) is 0 Å². The third-order valence-electron chi connectivity index (χ3n) is 2.10. The van der Waals surface area contributed by atoms with Crippen molar-refractivity contribution in [2.45, 2.75) is 6.92 Å². The second kappa shape index (κ2) is 4.02. The van der Waals surface area contributed by atoms with Crippen LogP contribution >= 0.6 is 11.3 Å². The summed E-state index contributed by atoms with van der Waals surface area (Å²) in [6.45, 7) is 1.57.